The summed E-state index contributed by atoms with van der Waals surface area (Å²) in [5.74, 6) is -0.573. The van der Waals surface area contributed by atoms with Crippen LogP contribution in [-0.2, 0) is 10.0 Å². The number of aromatic carboxylic acids is 1. The molecule has 2 heterocycles. The van der Waals surface area contributed by atoms with Crippen molar-refractivity contribution in [2.75, 3.05) is 31.1 Å². The maximum atomic E-state index is 12.7. The highest BCUT2D eigenvalue weighted by atomic mass is 35.5. The fourth-order valence-electron chi connectivity index (χ4n) is 2.67. The van der Waals surface area contributed by atoms with Crippen molar-refractivity contribution in [2.45, 2.75) is 4.90 Å². The van der Waals surface area contributed by atoms with Crippen molar-refractivity contribution in [3.8, 4) is 0 Å². The Labute approximate surface area is 150 Å². The number of sulfonamides is 1. The average molecular weight is 382 g/mol. The van der Waals surface area contributed by atoms with Gasteiger partial charge in [-0.1, -0.05) is 29.8 Å². The van der Waals surface area contributed by atoms with Crippen molar-refractivity contribution in [3.63, 3.8) is 0 Å². The summed E-state index contributed by atoms with van der Waals surface area (Å²) in [6.07, 6.45) is 0. The first-order valence-electron chi connectivity index (χ1n) is 7.59. The van der Waals surface area contributed by atoms with E-state index in [9.17, 15) is 13.2 Å². The molecule has 0 aliphatic carbocycles. The van der Waals surface area contributed by atoms with Gasteiger partial charge in [0.05, 0.1) is 5.02 Å². The summed E-state index contributed by atoms with van der Waals surface area (Å²) in [6.45, 7) is 1.37. The van der Waals surface area contributed by atoms with Gasteiger partial charge in [0.2, 0.25) is 10.0 Å². The second-order valence-corrected chi connectivity index (χ2v) is 7.82. The molecule has 1 aromatic heterocycles. The third-order valence-electron chi connectivity index (χ3n) is 3.97. The third kappa shape index (κ3) is 3.60. The van der Waals surface area contributed by atoms with Gasteiger partial charge in [0, 0.05) is 26.2 Å². The zero-order valence-corrected chi connectivity index (χ0v) is 14.7. The first kappa shape index (κ1) is 17.7. The van der Waals surface area contributed by atoms with Crippen LogP contribution in [0.4, 0.5) is 5.82 Å². The molecule has 25 heavy (non-hydrogen) atoms. The van der Waals surface area contributed by atoms with Gasteiger partial charge in [-0.15, -0.1) is 0 Å². The number of hydrogen-bond acceptors (Lipinski definition) is 5. The van der Waals surface area contributed by atoms with Gasteiger partial charge in [0.1, 0.15) is 10.7 Å². The molecule has 7 nitrogen and oxygen atoms in total. The predicted molar refractivity (Wildman–Crippen MR) is 93.6 cm³/mol. The predicted octanol–water partition coefficient (Wildman–Crippen LogP) is 1.94. The summed E-state index contributed by atoms with van der Waals surface area (Å²) >= 11 is 6.02. The van der Waals surface area contributed by atoms with Gasteiger partial charge in [-0.3, -0.25) is 0 Å². The lowest BCUT2D eigenvalue weighted by molar-refractivity contribution is 0.0690. The number of piperazine rings is 1. The van der Waals surface area contributed by atoms with Gasteiger partial charge in [0.15, 0.2) is 5.69 Å². The Bertz CT molecular complexity index is 896. The number of nitrogens with zero attached hydrogens (tertiary/aromatic N) is 3. The maximum absolute atomic E-state index is 12.7. The van der Waals surface area contributed by atoms with E-state index in [1.807, 2.05) is 4.90 Å². The molecular formula is C16H16ClN3O4S. The van der Waals surface area contributed by atoms with E-state index in [0.717, 1.165) is 0 Å². The highest BCUT2D eigenvalue weighted by Gasteiger charge is 2.30. The monoisotopic (exact) mass is 381 g/mol. The van der Waals surface area contributed by atoms with Crippen LogP contribution in [0, 0.1) is 0 Å². The first-order chi connectivity index (χ1) is 11.9. The minimum atomic E-state index is -3.66. The van der Waals surface area contributed by atoms with Gasteiger partial charge >= 0.3 is 5.97 Å². The van der Waals surface area contributed by atoms with Crippen LogP contribution in [0.1, 0.15) is 10.5 Å². The van der Waals surface area contributed by atoms with Gasteiger partial charge in [-0.05, 0) is 24.3 Å². The van der Waals surface area contributed by atoms with Gasteiger partial charge < -0.3 is 10.0 Å². The highest BCUT2D eigenvalue weighted by molar-refractivity contribution is 7.89. The van der Waals surface area contributed by atoms with Crippen LogP contribution in [-0.4, -0.2) is 55.0 Å². The van der Waals surface area contributed by atoms with Crippen molar-refractivity contribution < 1.29 is 18.3 Å². The average Bonchev–Trinajstić information content (AvgIpc) is 2.62. The van der Waals surface area contributed by atoms with Crippen LogP contribution in [0.25, 0.3) is 0 Å². The Balaban J connectivity index is 1.75. The van der Waals surface area contributed by atoms with Crippen molar-refractivity contribution in [1.82, 2.24) is 9.29 Å². The summed E-state index contributed by atoms with van der Waals surface area (Å²) in [4.78, 5) is 17.1. The van der Waals surface area contributed by atoms with E-state index in [0.29, 0.717) is 18.9 Å². The van der Waals surface area contributed by atoms with E-state index >= 15 is 0 Å². The normalized spacial score (nSPS) is 16.0. The minimum Gasteiger partial charge on any atom is -0.477 e. The molecular weight excluding hydrogens is 366 g/mol. The van der Waals surface area contributed by atoms with E-state index < -0.39 is 16.0 Å². The largest absolute Gasteiger partial charge is 0.477 e. The van der Waals surface area contributed by atoms with E-state index in [2.05, 4.69) is 4.98 Å². The molecule has 3 rings (SSSR count). The Morgan fingerprint density at radius 1 is 1.04 bits per heavy atom. The third-order valence-corrected chi connectivity index (χ3v) is 6.37. The van der Waals surface area contributed by atoms with Crippen LogP contribution in [0.15, 0.2) is 47.4 Å². The van der Waals surface area contributed by atoms with E-state index in [-0.39, 0.29) is 28.7 Å². The number of halogens is 1. The first-order valence-corrected chi connectivity index (χ1v) is 9.41. The lowest BCUT2D eigenvalue weighted by Gasteiger charge is -2.34. The van der Waals surface area contributed by atoms with E-state index in [1.54, 1.807) is 30.3 Å². The number of carboxylic acid groups (broad SMARTS) is 1. The minimum absolute atomic E-state index is 0.0383. The molecule has 9 heteroatoms. The molecule has 1 saturated heterocycles. The van der Waals surface area contributed by atoms with E-state index in [4.69, 9.17) is 16.7 Å². The molecule has 132 valence electrons. The summed E-state index contributed by atoms with van der Waals surface area (Å²) < 4.78 is 26.8. The van der Waals surface area contributed by atoms with Crippen LogP contribution in [0.3, 0.4) is 0 Å². The number of rotatable bonds is 4. The maximum Gasteiger partial charge on any atom is 0.354 e. The lowest BCUT2D eigenvalue weighted by atomic mass is 10.3. The van der Waals surface area contributed by atoms with Crippen LogP contribution in [0.5, 0.6) is 0 Å². The van der Waals surface area contributed by atoms with Crippen molar-refractivity contribution in [3.05, 3.63) is 53.2 Å². The smallest absolute Gasteiger partial charge is 0.354 e. The molecule has 0 saturated carbocycles. The number of hydrogen-bond donors (Lipinski definition) is 1. The molecule has 1 aliphatic rings. The fourth-order valence-corrected chi connectivity index (χ4v) is 4.58. The summed E-state index contributed by atoms with van der Waals surface area (Å²) in [6, 6.07) is 11.1. The van der Waals surface area contributed by atoms with Gasteiger partial charge in [-0.2, -0.15) is 4.31 Å². The highest BCUT2D eigenvalue weighted by Crippen LogP contribution is 2.25. The molecule has 2 aromatic rings. The standard InChI is InChI=1S/C16H16ClN3O4S/c17-12-4-1-2-6-14(12)25(23,24)20-10-8-19(9-11-20)15-7-3-5-13(18-15)16(21)22/h1-7H,8-11H2,(H,21,22). The molecule has 1 aromatic carbocycles. The molecule has 1 fully saturated rings. The molecule has 0 bridgehead atoms. The summed E-state index contributed by atoms with van der Waals surface area (Å²) in [5, 5.41) is 9.22. The zero-order valence-electron chi connectivity index (χ0n) is 13.2. The van der Waals surface area contributed by atoms with Crippen molar-refractivity contribution >= 4 is 33.4 Å². The second kappa shape index (κ2) is 6.99. The molecule has 1 aliphatic heterocycles. The lowest BCUT2D eigenvalue weighted by Crippen LogP contribution is -2.49. The summed E-state index contributed by atoms with van der Waals surface area (Å²) in [7, 11) is -3.66. The number of aromatic nitrogens is 1. The number of pyridine rings is 1. The molecule has 0 unspecified atom stereocenters. The fraction of sp³-hybridized carbons (Fsp3) is 0.250. The number of benzene rings is 1. The second-order valence-electron chi connectivity index (χ2n) is 5.51. The van der Waals surface area contributed by atoms with Crippen LogP contribution in [0.2, 0.25) is 5.02 Å². The SMILES string of the molecule is O=C(O)c1cccc(N2CCN(S(=O)(=O)c3ccccc3Cl)CC2)n1. The number of carbonyl (C=O) groups is 1. The van der Waals surface area contributed by atoms with Crippen molar-refractivity contribution in [1.29, 1.82) is 0 Å². The summed E-state index contributed by atoms with van der Waals surface area (Å²) in [5.41, 5.74) is -0.0383. The Kier molecular flexibility index (Phi) is 4.94. The molecule has 0 amide bonds. The number of carboxylic acids is 1. The topological polar surface area (TPSA) is 90.8 Å². The Hall–Kier alpha value is -2.16. The molecule has 0 atom stereocenters. The number of anilines is 1. The van der Waals surface area contributed by atoms with Gasteiger partial charge in [0.25, 0.3) is 0 Å². The molecule has 1 N–H and O–H groups in total. The van der Waals surface area contributed by atoms with E-state index in [1.165, 1.54) is 16.4 Å². The molecule has 0 spiro atoms. The zero-order chi connectivity index (χ0) is 18.0. The van der Waals surface area contributed by atoms with Crippen molar-refractivity contribution in [2.24, 2.45) is 0 Å². The quantitative estimate of drug-likeness (QED) is 0.870. The van der Waals surface area contributed by atoms with Gasteiger partial charge in [-0.25, -0.2) is 18.2 Å². The van der Waals surface area contributed by atoms with Crippen LogP contribution < -0.4 is 4.90 Å². The van der Waals surface area contributed by atoms with Crippen LogP contribution >= 0.6 is 11.6 Å². The molecule has 0 radical (unpaired) electrons. The Morgan fingerprint density at radius 3 is 2.36 bits per heavy atom. The Morgan fingerprint density at radius 2 is 1.72 bits per heavy atom.